The van der Waals surface area contributed by atoms with Crippen molar-refractivity contribution in [3.63, 3.8) is 0 Å². The zero-order chi connectivity index (χ0) is 21.0. The lowest BCUT2D eigenvalue weighted by Gasteiger charge is -2.37. The van der Waals surface area contributed by atoms with Crippen LogP contribution in [0.15, 0.2) is 0 Å². The number of carbonyl (C=O) groups excluding carboxylic acids is 2. The predicted molar refractivity (Wildman–Crippen MR) is 110 cm³/mol. The highest BCUT2D eigenvalue weighted by Crippen LogP contribution is 2.37. The quantitative estimate of drug-likeness (QED) is 0.614. The minimum absolute atomic E-state index is 0.0101. The normalized spacial score (nSPS) is 14.7. The number of amides is 2. The SMILES string of the molecule is CNC(CNC(=O)C(C)(C)CC(C)(C)C)CNC(=O)C(C)(C)C(C)(C)C. The molecule has 0 aromatic heterocycles. The van der Waals surface area contributed by atoms with E-state index in [4.69, 9.17) is 0 Å². The summed E-state index contributed by atoms with van der Waals surface area (Å²) in [4.78, 5) is 25.1. The van der Waals surface area contributed by atoms with E-state index in [1.807, 2.05) is 34.7 Å². The Morgan fingerprint density at radius 3 is 1.54 bits per heavy atom. The average molecular weight is 370 g/mol. The zero-order valence-electron chi connectivity index (χ0n) is 19.0. The van der Waals surface area contributed by atoms with Gasteiger partial charge in [-0.05, 0) is 24.3 Å². The molecule has 2 amide bonds. The molecule has 0 aliphatic heterocycles. The molecule has 0 fully saturated rings. The lowest BCUT2D eigenvalue weighted by molar-refractivity contribution is -0.134. The van der Waals surface area contributed by atoms with Crippen LogP contribution in [0.1, 0.15) is 75.7 Å². The average Bonchev–Trinajstić information content (AvgIpc) is 2.42. The summed E-state index contributed by atoms with van der Waals surface area (Å²) in [5, 5.41) is 9.24. The van der Waals surface area contributed by atoms with E-state index in [9.17, 15) is 9.59 Å². The molecule has 0 radical (unpaired) electrons. The van der Waals surface area contributed by atoms with Crippen LogP contribution in [0, 0.1) is 21.7 Å². The minimum Gasteiger partial charge on any atom is -0.354 e. The van der Waals surface area contributed by atoms with E-state index in [2.05, 4.69) is 57.5 Å². The maximum absolute atomic E-state index is 12.6. The molecule has 0 spiro atoms. The van der Waals surface area contributed by atoms with Crippen LogP contribution < -0.4 is 16.0 Å². The summed E-state index contributed by atoms with van der Waals surface area (Å²) >= 11 is 0. The second kappa shape index (κ2) is 8.73. The van der Waals surface area contributed by atoms with E-state index in [0.29, 0.717) is 13.1 Å². The van der Waals surface area contributed by atoms with Gasteiger partial charge in [0.1, 0.15) is 0 Å². The van der Waals surface area contributed by atoms with E-state index in [-0.39, 0.29) is 28.7 Å². The first-order valence-electron chi connectivity index (χ1n) is 9.68. The van der Waals surface area contributed by atoms with Crippen molar-refractivity contribution in [1.29, 1.82) is 0 Å². The lowest BCUT2D eigenvalue weighted by atomic mass is 9.68. The van der Waals surface area contributed by atoms with Crippen molar-refractivity contribution in [2.24, 2.45) is 21.7 Å². The maximum Gasteiger partial charge on any atom is 0.226 e. The van der Waals surface area contributed by atoms with Crippen molar-refractivity contribution in [3.05, 3.63) is 0 Å². The summed E-state index contributed by atoms with van der Waals surface area (Å²) in [6.45, 7) is 21.5. The second-order valence-electron chi connectivity index (χ2n) is 10.9. The van der Waals surface area contributed by atoms with E-state index >= 15 is 0 Å². The smallest absolute Gasteiger partial charge is 0.226 e. The molecule has 0 saturated carbocycles. The summed E-state index contributed by atoms with van der Waals surface area (Å²) < 4.78 is 0. The van der Waals surface area contributed by atoms with Crippen LogP contribution in [0.4, 0.5) is 0 Å². The van der Waals surface area contributed by atoms with Crippen molar-refractivity contribution < 1.29 is 9.59 Å². The molecule has 5 nitrogen and oxygen atoms in total. The third-order valence-electron chi connectivity index (χ3n) is 5.46. The van der Waals surface area contributed by atoms with E-state index in [1.54, 1.807) is 0 Å². The van der Waals surface area contributed by atoms with Crippen molar-refractivity contribution in [2.75, 3.05) is 20.1 Å². The highest BCUT2D eigenvalue weighted by molar-refractivity contribution is 5.83. The molecule has 0 aromatic rings. The molecule has 3 N–H and O–H groups in total. The Morgan fingerprint density at radius 2 is 1.19 bits per heavy atom. The minimum atomic E-state index is -0.469. The molecule has 26 heavy (non-hydrogen) atoms. The van der Waals surface area contributed by atoms with E-state index < -0.39 is 10.8 Å². The maximum atomic E-state index is 12.6. The van der Waals surface area contributed by atoms with Gasteiger partial charge in [-0.3, -0.25) is 9.59 Å². The van der Waals surface area contributed by atoms with Gasteiger partial charge >= 0.3 is 0 Å². The Kier molecular flexibility index (Phi) is 8.36. The molecule has 1 atom stereocenters. The Morgan fingerprint density at radius 1 is 0.769 bits per heavy atom. The molecule has 0 saturated heterocycles. The van der Waals surface area contributed by atoms with E-state index in [0.717, 1.165) is 6.42 Å². The highest BCUT2D eigenvalue weighted by atomic mass is 16.2. The van der Waals surface area contributed by atoms with Crippen LogP contribution in [0.25, 0.3) is 0 Å². The van der Waals surface area contributed by atoms with Crippen LogP contribution in [0.2, 0.25) is 0 Å². The first-order valence-corrected chi connectivity index (χ1v) is 9.68. The van der Waals surface area contributed by atoms with Gasteiger partial charge in [0, 0.05) is 30.0 Å². The number of hydrogen-bond acceptors (Lipinski definition) is 3. The van der Waals surface area contributed by atoms with Crippen molar-refractivity contribution in [3.8, 4) is 0 Å². The standard InChI is InChI=1S/C21H43N3O2/c1-18(2,3)14-20(7,8)16(25)23-12-15(22-11)13-24-17(26)21(9,10)19(4,5)6/h15,22H,12-14H2,1-11H3,(H,23,25)(H,24,26). The third-order valence-corrected chi connectivity index (χ3v) is 5.46. The fraction of sp³-hybridized carbons (Fsp3) is 0.905. The lowest BCUT2D eigenvalue weighted by Crippen LogP contribution is -2.52. The molecule has 0 heterocycles. The topological polar surface area (TPSA) is 70.2 Å². The van der Waals surface area contributed by atoms with Gasteiger partial charge in [-0.15, -0.1) is 0 Å². The summed E-state index contributed by atoms with van der Waals surface area (Å²) in [5.74, 6) is 0.0821. The van der Waals surface area contributed by atoms with Crippen LogP contribution in [-0.2, 0) is 9.59 Å². The number of rotatable bonds is 8. The molecule has 5 heteroatoms. The van der Waals surface area contributed by atoms with Gasteiger partial charge in [0.25, 0.3) is 0 Å². The van der Waals surface area contributed by atoms with E-state index in [1.165, 1.54) is 0 Å². The Labute approximate surface area is 161 Å². The van der Waals surface area contributed by atoms with Gasteiger partial charge in [-0.25, -0.2) is 0 Å². The van der Waals surface area contributed by atoms with Gasteiger partial charge in [0.05, 0.1) is 0 Å². The molecule has 0 rings (SSSR count). The van der Waals surface area contributed by atoms with Crippen LogP contribution in [0.5, 0.6) is 0 Å². The molecular formula is C21H43N3O2. The third kappa shape index (κ3) is 7.65. The molecule has 0 aliphatic carbocycles. The Hall–Kier alpha value is -1.10. The Bertz CT molecular complexity index is 482. The monoisotopic (exact) mass is 369 g/mol. The number of nitrogens with one attached hydrogen (secondary N) is 3. The van der Waals surface area contributed by atoms with Crippen LogP contribution in [-0.4, -0.2) is 38.0 Å². The first kappa shape index (κ1) is 24.9. The molecular weight excluding hydrogens is 326 g/mol. The Balaban J connectivity index is 4.66. The van der Waals surface area contributed by atoms with Crippen molar-refractivity contribution in [1.82, 2.24) is 16.0 Å². The molecule has 0 bridgehead atoms. The molecule has 154 valence electrons. The number of likely N-dealkylation sites (N-methyl/N-ethyl adjacent to an activating group) is 1. The molecule has 0 aromatic carbocycles. The van der Waals surface area contributed by atoms with Crippen molar-refractivity contribution in [2.45, 2.75) is 81.7 Å². The first-order chi connectivity index (χ1) is 11.4. The largest absolute Gasteiger partial charge is 0.354 e. The number of carbonyl (C=O) groups is 2. The van der Waals surface area contributed by atoms with Gasteiger partial charge in [-0.2, -0.15) is 0 Å². The van der Waals surface area contributed by atoms with Gasteiger partial charge in [-0.1, -0.05) is 69.2 Å². The summed E-state index contributed by atoms with van der Waals surface area (Å²) in [6.07, 6.45) is 0.812. The summed E-state index contributed by atoms with van der Waals surface area (Å²) in [5.41, 5.74) is -0.926. The predicted octanol–water partition coefficient (Wildman–Crippen LogP) is 3.34. The van der Waals surface area contributed by atoms with Gasteiger partial charge < -0.3 is 16.0 Å². The van der Waals surface area contributed by atoms with Gasteiger partial charge in [0.15, 0.2) is 0 Å². The second-order valence-corrected chi connectivity index (χ2v) is 10.9. The summed E-state index contributed by atoms with van der Waals surface area (Å²) in [7, 11) is 1.85. The molecule has 0 aliphatic rings. The summed E-state index contributed by atoms with van der Waals surface area (Å²) in [6, 6.07) is -0.0101. The highest BCUT2D eigenvalue weighted by Gasteiger charge is 2.39. The van der Waals surface area contributed by atoms with Crippen LogP contribution >= 0.6 is 0 Å². The fourth-order valence-electron chi connectivity index (χ4n) is 2.92. The number of hydrogen-bond donors (Lipinski definition) is 3. The molecule has 1 unspecified atom stereocenters. The van der Waals surface area contributed by atoms with Crippen molar-refractivity contribution >= 4 is 11.8 Å². The zero-order valence-corrected chi connectivity index (χ0v) is 19.0. The van der Waals surface area contributed by atoms with Crippen LogP contribution in [0.3, 0.4) is 0 Å². The fourth-order valence-corrected chi connectivity index (χ4v) is 2.92. The van der Waals surface area contributed by atoms with Gasteiger partial charge in [0.2, 0.25) is 11.8 Å².